The summed E-state index contributed by atoms with van der Waals surface area (Å²) in [5, 5.41) is 8.94. The molecule has 0 radical (unpaired) electrons. The van der Waals surface area contributed by atoms with Crippen LogP contribution in [0.4, 0.5) is 0 Å². The van der Waals surface area contributed by atoms with Gasteiger partial charge in [-0.15, -0.1) is 0 Å². The molecule has 1 N–H and O–H groups in total. The molecule has 0 fully saturated rings. The van der Waals surface area contributed by atoms with Gasteiger partial charge in [-0.2, -0.15) is 0 Å². The van der Waals surface area contributed by atoms with Crippen molar-refractivity contribution < 1.29 is 14.6 Å². The van der Waals surface area contributed by atoms with Gasteiger partial charge in [0, 0.05) is 6.20 Å². The number of hydrogen-bond donors (Lipinski definition) is 1. The summed E-state index contributed by atoms with van der Waals surface area (Å²) in [4.78, 5) is 15.3. The monoisotopic (exact) mass is 262 g/mol. The Bertz CT molecular complexity index is 602. The molecule has 0 aliphatic carbocycles. The highest BCUT2D eigenvalue weighted by Gasteiger charge is 2.14. The first-order valence-electron chi connectivity index (χ1n) is 6.30. The number of imidazole rings is 1. The molecule has 0 saturated heterocycles. The van der Waals surface area contributed by atoms with E-state index in [0.29, 0.717) is 29.6 Å². The van der Waals surface area contributed by atoms with Crippen molar-refractivity contribution in [1.82, 2.24) is 9.38 Å². The molecule has 0 bridgehead atoms. The van der Waals surface area contributed by atoms with Crippen LogP contribution < -0.4 is 4.74 Å². The van der Waals surface area contributed by atoms with Gasteiger partial charge in [-0.25, -0.2) is 4.98 Å². The summed E-state index contributed by atoms with van der Waals surface area (Å²) in [6.07, 6.45) is 1.77. The topological polar surface area (TPSA) is 63.8 Å². The molecule has 0 atom stereocenters. The predicted molar refractivity (Wildman–Crippen MR) is 71.6 cm³/mol. The lowest BCUT2D eigenvalue weighted by Gasteiger charge is -2.09. The normalized spacial score (nSPS) is 11.2. The van der Waals surface area contributed by atoms with Gasteiger partial charge >= 0.3 is 5.97 Å². The highest BCUT2D eigenvalue weighted by atomic mass is 16.5. The third kappa shape index (κ3) is 2.86. The lowest BCUT2D eigenvalue weighted by atomic mass is 10.2. The fourth-order valence-electron chi connectivity index (χ4n) is 1.93. The van der Waals surface area contributed by atoms with E-state index in [1.54, 1.807) is 4.40 Å². The number of fused-ring (bicyclic) bond motifs is 1. The fraction of sp³-hybridized carbons (Fsp3) is 0.429. The van der Waals surface area contributed by atoms with Crippen LogP contribution in [0.5, 0.6) is 5.75 Å². The fourth-order valence-corrected chi connectivity index (χ4v) is 1.93. The van der Waals surface area contributed by atoms with Crippen molar-refractivity contribution >= 4 is 11.6 Å². The van der Waals surface area contributed by atoms with E-state index < -0.39 is 5.97 Å². The number of carbonyl (C=O) groups is 1. The van der Waals surface area contributed by atoms with Gasteiger partial charge in [0.05, 0.1) is 24.4 Å². The molecular weight excluding hydrogens is 244 g/mol. The van der Waals surface area contributed by atoms with Gasteiger partial charge < -0.3 is 14.2 Å². The minimum absolute atomic E-state index is 0.0410. The minimum Gasteiger partial charge on any atom is -0.489 e. The molecule has 19 heavy (non-hydrogen) atoms. The van der Waals surface area contributed by atoms with Crippen LogP contribution in [0.3, 0.4) is 0 Å². The molecule has 102 valence electrons. The Morgan fingerprint density at radius 1 is 1.53 bits per heavy atom. The van der Waals surface area contributed by atoms with Gasteiger partial charge in [0.1, 0.15) is 0 Å². The summed E-state index contributed by atoms with van der Waals surface area (Å²) in [6, 6.07) is 3.70. The Morgan fingerprint density at radius 3 is 2.89 bits per heavy atom. The van der Waals surface area contributed by atoms with Crippen molar-refractivity contribution in [3.8, 4) is 5.75 Å². The number of pyridine rings is 1. The quantitative estimate of drug-likeness (QED) is 0.898. The second kappa shape index (κ2) is 5.30. The van der Waals surface area contributed by atoms with Crippen molar-refractivity contribution in [2.24, 2.45) is 5.92 Å². The van der Waals surface area contributed by atoms with Gasteiger partial charge in [0.25, 0.3) is 0 Å². The van der Waals surface area contributed by atoms with Gasteiger partial charge in [0.2, 0.25) is 0 Å². The number of nitrogens with zero attached hydrogens (tertiary/aromatic N) is 2. The van der Waals surface area contributed by atoms with Gasteiger partial charge in [-0.3, -0.25) is 4.79 Å². The highest BCUT2D eigenvalue weighted by molar-refractivity contribution is 5.71. The summed E-state index contributed by atoms with van der Waals surface area (Å²) in [6.45, 7) is 6.58. The van der Waals surface area contributed by atoms with Crippen molar-refractivity contribution in [3.63, 3.8) is 0 Å². The molecule has 0 aliphatic rings. The molecule has 0 amide bonds. The van der Waals surface area contributed by atoms with Crippen LogP contribution >= 0.6 is 0 Å². The third-order valence-corrected chi connectivity index (χ3v) is 2.80. The van der Waals surface area contributed by atoms with E-state index in [0.717, 1.165) is 5.69 Å². The number of aryl methyl sites for hydroxylation is 1. The molecular formula is C14H18N2O3. The zero-order valence-electron chi connectivity index (χ0n) is 11.4. The maximum absolute atomic E-state index is 10.9. The number of rotatable bonds is 5. The maximum atomic E-state index is 10.9. The van der Waals surface area contributed by atoms with Crippen molar-refractivity contribution in [2.75, 3.05) is 6.61 Å². The number of carboxylic acids is 1. The first-order valence-corrected chi connectivity index (χ1v) is 6.30. The molecule has 0 spiro atoms. The van der Waals surface area contributed by atoms with Crippen LogP contribution in [0.1, 0.15) is 25.2 Å². The van der Waals surface area contributed by atoms with Crippen LogP contribution in [-0.4, -0.2) is 27.1 Å². The van der Waals surface area contributed by atoms with Crippen LogP contribution in [0, 0.1) is 12.8 Å². The second-order valence-corrected chi connectivity index (χ2v) is 4.99. The van der Waals surface area contributed by atoms with E-state index in [2.05, 4.69) is 18.8 Å². The summed E-state index contributed by atoms with van der Waals surface area (Å²) in [5.41, 5.74) is 2.09. The van der Waals surface area contributed by atoms with E-state index in [-0.39, 0.29) is 6.42 Å². The van der Waals surface area contributed by atoms with Crippen LogP contribution in [0.2, 0.25) is 0 Å². The van der Waals surface area contributed by atoms with Crippen LogP contribution in [0.15, 0.2) is 18.3 Å². The lowest BCUT2D eigenvalue weighted by Crippen LogP contribution is -2.07. The molecule has 0 saturated carbocycles. The number of aliphatic carboxylic acids is 1. The first kappa shape index (κ1) is 13.4. The number of hydrogen-bond acceptors (Lipinski definition) is 3. The summed E-state index contributed by atoms with van der Waals surface area (Å²) < 4.78 is 7.51. The number of carboxylic acid groups (broad SMARTS) is 1. The Kier molecular flexibility index (Phi) is 3.74. The second-order valence-electron chi connectivity index (χ2n) is 4.99. The molecule has 0 aromatic carbocycles. The highest BCUT2D eigenvalue weighted by Crippen LogP contribution is 2.22. The number of ether oxygens (including phenoxy) is 1. The largest absolute Gasteiger partial charge is 0.489 e. The molecule has 5 heteroatoms. The van der Waals surface area contributed by atoms with Crippen LogP contribution in [-0.2, 0) is 11.2 Å². The SMILES string of the molecule is Cc1nc2c(OCC(C)C)cccn2c1CC(=O)O. The molecule has 2 aromatic rings. The Hall–Kier alpha value is -2.04. The smallest absolute Gasteiger partial charge is 0.309 e. The summed E-state index contributed by atoms with van der Waals surface area (Å²) in [7, 11) is 0. The molecule has 2 aromatic heterocycles. The van der Waals surface area contributed by atoms with E-state index in [1.807, 2.05) is 25.3 Å². The predicted octanol–water partition coefficient (Wildman–Crippen LogP) is 2.30. The average molecular weight is 262 g/mol. The van der Waals surface area contributed by atoms with Crippen LogP contribution in [0.25, 0.3) is 5.65 Å². The Morgan fingerprint density at radius 2 is 2.26 bits per heavy atom. The van der Waals surface area contributed by atoms with Gasteiger partial charge in [-0.1, -0.05) is 13.8 Å². The van der Waals surface area contributed by atoms with E-state index in [4.69, 9.17) is 9.84 Å². The van der Waals surface area contributed by atoms with E-state index in [1.165, 1.54) is 0 Å². The van der Waals surface area contributed by atoms with Gasteiger partial charge in [0.15, 0.2) is 11.4 Å². The van der Waals surface area contributed by atoms with Crippen molar-refractivity contribution in [3.05, 3.63) is 29.7 Å². The van der Waals surface area contributed by atoms with Gasteiger partial charge in [-0.05, 0) is 25.0 Å². The Balaban J connectivity index is 2.43. The maximum Gasteiger partial charge on any atom is 0.309 e. The van der Waals surface area contributed by atoms with Crippen molar-refractivity contribution in [2.45, 2.75) is 27.2 Å². The first-order chi connectivity index (χ1) is 8.99. The Labute approximate surface area is 111 Å². The standard InChI is InChI=1S/C14H18N2O3/c1-9(2)8-19-12-5-4-6-16-11(7-13(17)18)10(3)15-14(12)16/h4-6,9H,7-8H2,1-3H3,(H,17,18). The lowest BCUT2D eigenvalue weighted by molar-refractivity contribution is -0.136. The molecule has 0 unspecified atom stereocenters. The average Bonchev–Trinajstić information content (AvgIpc) is 2.63. The zero-order valence-corrected chi connectivity index (χ0v) is 11.4. The van der Waals surface area contributed by atoms with E-state index >= 15 is 0 Å². The molecule has 0 aliphatic heterocycles. The molecule has 5 nitrogen and oxygen atoms in total. The number of aromatic nitrogens is 2. The molecule has 2 rings (SSSR count). The summed E-state index contributed by atoms with van der Waals surface area (Å²) >= 11 is 0. The van der Waals surface area contributed by atoms with Crippen molar-refractivity contribution in [1.29, 1.82) is 0 Å². The third-order valence-electron chi connectivity index (χ3n) is 2.80. The molecule has 2 heterocycles. The zero-order chi connectivity index (χ0) is 14.0. The minimum atomic E-state index is -0.863. The summed E-state index contributed by atoms with van der Waals surface area (Å²) in [5.74, 6) is 0.254. The van der Waals surface area contributed by atoms with E-state index in [9.17, 15) is 4.79 Å².